The number of halogens is 1. The summed E-state index contributed by atoms with van der Waals surface area (Å²) in [5.74, 6) is 1.81. The summed E-state index contributed by atoms with van der Waals surface area (Å²) in [6.07, 6.45) is 6.42. The first-order chi connectivity index (χ1) is 10.7. The Bertz CT molecular complexity index is 646. The number of benzene rings is 1. The van der Waals surface area contributed by atoms with Gasteiger partial charge in [-0.05, 0) is 31.0 Å². The van der Waals surface area contributed by atoms with Crippen LogP contribution in [0.25, 0.3) is 0 Å². The van der Waals surface area contributed by atoms with E-state index in [1.807, 2.05) is 6.07 Å². The van der Waals surface area contributed by atoms with E-state index in [0.29, 0.717) is 28.6 Å². The molecule has 0 spiro atoms. The molecule has 0 aliphatic heterocycles. The molecule has 1 aliphatic carbocycles. The molecule has 7 heteroatoms. The highest BCUT2D eigenvalue weighted by Crippen LogP contribution is 2.28. The SMILES string of the molecule is COc1ccc(Nc2cnnc(NC3CCCC3)n2)cc1Cl. The molecule has 1 aromatic carbocycles. The maximum absolute atomic E-state index is 6.11. The maximum atomic E-state index is 6.11. The summed E-state index contributed by atoms with van der Waals surface area (Å²) in [6.45, 7) is 0. The fraction of sp³-hybridized carbons (Fsp3) is 0.400. The van der Waals surface area contributed by atoms with Gasteiger partial charge in [0.2, 0.25) is 5.95 Å². The van der Waals surface area contributed by atoms with E-state index in [2.05, 4.69) is 25.8 Å². The van der Waals surface area contributed by atoms with Crippen LogP contribution in [0.2, 0.25) is 5.02 Å². The van der Waals surface area contributed by atoms with E-state index in [0.717, 1.165) is 18.5 Å². The number of nitrogens with zero attached hydrogens (tertiary/aromatic N) is 3. The van der Waals surface area contributed by atoms with Gasteiger partial charge < -0.3 is 15.4 Å². The minimum absolute atomic E-state index is 0.451. The van der Waals surface area contributed by atoms with Crippen molar-refractivity contribution in [1.82, 2.24) is 15.2 Å². The fourth-order valence-corrected chi connectivity index (χ4v) is 2.83. The second-order valence-corrected chi connectivity index (χ2v) is 5.67. The third kappa shape index (κ3) is 3.57. The van der Waals surface area contributed by atoms with Crippen LogP contribution < -0.4 is 15.4 Å². The van der Waals surface area contributed by atoms with E-state index in [9.17, 15) is 0 Å². The van der Waals surface area contributed by atoms with Crippen molar-refractivity contribution in [2.45, 2.75) is 31.7 Å². The van der Waals surface area contributed by atoms with Crippen LogP contribution in [0.15, 0.2) is 24.4 Å². The summed E-state index contributed by atoms with van der Waals surface area (Å²) in [7, 11) is 1.59. The van der Waals surface area contributed by atoms with E-state index < -0.39 is 0 Å². The zero-order valence-electron chi connectivity index (χ0n) is 12.3. The second kappa shape index (κ2) is 6.79. The molecule has 22 heavy (non-hydrogen) atoms. The lowest BCUT2D eigenvalue weighted by Gasteiger charge is -2.12. The Hall–Kier alpha value is -2.08. The molecule has 6 nitrogen and oxygen atoms in total. The number of aromatic nitrogens is 3. The summed E-state index contributed by atoms with van der Waals surface area (Å²) < 4.78 is 5.14. The van der Waals surface area contributed by atoms with Crippen molar-refractivity contribution in [1.29, 1.82) is 0 Å². The summed E-state index contributed by atoms with van der Waals surface area (Å²) in [5, 5.41) is 15.0. The van der Waals surface area contributed by atoms with Gasteiger partial charge in [-0.1, -0.05) is 24.4 Å². The van der Waals surface area contributed by atoms with Crippen LogP contribution in [-0.2, 0) is 0 Å². The number of methoxy groups -OCH3 is 1. The average Bonchev–Trinajstić information content (AvgIpc) is 3.01. The monoisotopic (exact) mass is 319 g/mol. The van der Waals surface area contributed by atoms with Gasteiger partial charge in [0.1, 0.15) is 5.75 Å². The summed E-state index contributed by atoms with van der Waals surface area (Å²) in [6, 6.07) is 5.91. The normalized spacial score (nSPS) is 14.8. The molecule has 1 fully saturated rings. The highest BCUT2D eigenvalue weighted by atomic mass is 35.5. The van der Waals surface area contributed by atoms with Crippen molar-refractivity contribution >= 4 is 29.1 Å². The van der Waals surface area contributed by atoms with E-state index in [4.69, 9.17) is 16.3 Å². The largest absolute Gasteiger partial charge is 0.495 e. The molecule has 0 amide bonds. The molecular weight excluding hydrogens is 302 g/mol. The Morgan fingerprint density at radius 1 is 1.27 bits per heavy atom. The van der Waals surface area contributed by atoms with Crippen LogP contribution in [0, 0.1) is 0 Å². The molecule has 0 saturated heterocycles. The van der Waals surface area contributed by atoms with Crippen molar-refractivity contribution in [3.8, 4) is 5.75 Å². The highest BCUT2D eigenvalue weighted by molar-refractivity contribution is 6.32. The van der Waals surface area contributed by atoms with Crippen LogP contribution >= 0.6 is 11.6 Å². The minimum Gasteiger partial charge on any atom is -0.495 e. The van der Waals surface area contributed by atoms with Gasteiger partial charge >= 0.3 is 0 Å². The molecule has 0 unspecified atom stereocenters. The van der Waals surface area contributed by atoms with E-state index in [1.54, 1.807) is 25.4 Å². The molecule has 1 aromatic heterocycles. The lowest BCUT2D eigenvalue weighted by Crippen LogP contribution is -2.17. The van der Waals surface area contributed by atoms with Gasteiger partial charge in [0.25, 0.3) is 0 Å². The third-order valence-corrected chi connectivity index (χ3v) is 3.97. The van der Waals surface area contributed by atoms with Crippen LogP contribution in [0.5, 0.6) is 5.75 Å². The van der Waals surface area contributed by atoms with Crippen molar-refractivity contribution in [3.05, 3.63) is 29.4 Å². The Labute approximate surface area is 134 Å². The molecule has 0 bridgehead atoms. The number of ether oxygens (including phenoxy) is 1. The smallest absolute Gasteiger partial charge is 0.244 e. The third-order valence-electron chi connectivity index (χ3n) is 3.67. The zero-order valence-corrected chi connectivity index (χ0v) is 13.1. The van der Waals surface area contributed by atoms with Crippen LogP contribution in [0.4, 0.5) is 17.5 Å². The lowest BCUT2D eigenvalue weighted by molar-refractivity contribution is 0.415. The first kappa shape index (κ1) is 14.8. The van der Waals surface area contributed by atoms with E-state index in [1.165, 1.54) is 12.8 Å². The number of rotatable bonds is 5. The van der Waals surface area contributed by atoms with Gasteiger partial charge in [-0.2, -0.15) is 10.1 Å². The summed E-state index contributed by atoms with van der Waals surface area (Å²) in [5.41, 5.74) is 0.818. The zero-order chi connectivity index (χ0) is 15.4. The van der Waals surface area contributed by atoms with E-state index in [-0.39, 0.29) is 0 Å². The molecule has 1 aliphatic rings. The quantitative estimate of drug-likeness (QED) is 0.876. The topological polar surface area (TPSA) is 72.0 Å². The molecule has 2 N–H and O–H groups in total. The van der Waals surface area contributed by atoms with Gasteiger partial charge in [0.05, 0.1) is 18.3 Å². The lowest BCUT2D eigenvalue weighted by atomic mass is 10.2. The number of hydrogen-bond donors (Lipinski definition) is 2. The number of hydrogen-bond acceptors (Lipinski definition) is 6. The van der Waals surface area contributed by atoms with Gasteiger partial charge in [0, 0.05) is 11.7 Å². The standard InChI is InChI=1S/C15H18ClN5O/c1-22-13-7-6-11(8-12(13)16)18-14-9-17-21-15(20-14)19-10-4-2-3-5-10/h6-10H,2-5H2,1H3,(H2,18,19,20,21). The van der Waals surface area contributed by atoms with Crippen molar-refractivity contribution in [3.63, 3.8) is 0 Å². The minimum atomic E-state index is 0.451. The molecule has 3 rings (SSSR count). The Morgan fingerprint density at radius 3 is 2.82 bits per heavy atom. The molecule has 1 saturated carbocycles. The Kier molecular flexibility index (Phi) is 4.58. The van der Waals surface area contributed by atoms with Gasteiger partial charge in [0.15, 0.2) is 5.82 Å². The van der Waals surface area contributed by atoms with Gasteiger partial charge in [-0.25, -0.2) is 0 Å². The summed E-state index contributed by atoms with van der Waals surface area (Å²) in [4.78, 5) is 4.43. The molecule has 0 atom stereocenters. The first-order valence-electron chi connectivity index (χ1n) is 7.31. The van der Waals surface area contributed by atoms with Crippen LogP contribution in [-0.4, -0.2) is 28.3 Å². The van der Waals surface area contributed by atoms with Crippen molar-refractivity contribution in [2.24, 2.45) is 0 Å². The molecule has 116 valence electrons. The predicted octanol–water partition coefficient (Wildman–Crippen LogP) is 3.63. The average molecular weight is 320 g/mol. The Morgan fingerprint density at radius 2 is 2.09 bits per heavy atom. The number of nitrogens with one attached hydrogen (secondary N) is 2. The maximum Gasteiger partial charge on any atom is 0.244 e. The fourth-order valence-electron chi connectivity index (χ4n) is 2.57. The highest BCUT2D eigenvalue weighted by Gasteiger charge is 2.16. The van der Waals surface area contributed by atoms with Crippen LogP contribution in [0.3, 0.4) is 0 Å². The van der Waals surface area contributed by atoms with Gasteiger partial charge in [-0.3, -0.25) is 0 Å². The molecule has 1 heterocycles. The van der Waals surface area contributed by atoms with Crippen molar-refractivity contribution in [2.75, 3.05) is 17.7 Å². The summed E-state index contributed by atoms with van der Waals surface area (Å²) >= 11 is 6.11. The van der Waals surface area contributed by atoms with Crippen molar-refractivity contribution < 1.29 is 4.74 Å². The molecular formula is C15H18ClN5O. The molecule has 2 aromatic rings. The molecule has 0 radical (unpaired) electrons. The second-order valence-electron chi connectivity index (χ2n) is 5.27. The Balaban J connectivity index is 1.70. The number of anilines is 3. The van der Waals surface area contributed by atoms with E-state index >= 15 is 0 Å². The predicted molar refractivity (Wildman–Crippen MR) is 87.0 cm³/mol. The van der Waals surface area contributed by atoms with Gasteiger partial charge in [-0.15, -0.1) is 5.10 Å². The first-order valence-corrected chi connectivity index (χ1v) is 7.69. The van der Waals surface area contributed by atoms with Crippen LogP contribution in [0.1, 0.15) is 25.7 Å².